The van der Waals surface area contributed by atoms with E-state index in [1.807, 2.05) is 19.1 Å². The number of aryl methyl sites for hydroxylation is 1. The van der Waals surface area contributed by atoms with Crippen molar-refractivity contribution in [3.05, 3.63) is 107 Å². The summed E-state index contributed by atoms with van der Waals surface area (Å²) in [4.78, 5) is 12.4. The Balaban J connectivity index is 1.52. The van der Waals surface area contributed by atoms with E-state index in [9.17, 15) is 18.0 Å². The van der Waals surface area contributed by atoms with Gasteiger partial charge in [0.05, 0.1) is 12.2 Å². The number of halogens is 3. The number of hydrogen-bond donors (Lipinski definition) is 0. The quantitative estimate of drug-likeness (QED) is 0.203. The van der Waals surface area contributed by atoms with Gasteiger partial charge in [0, 0.05) is 17.2 Å². The lowest BCUT2D eigenvalue weighted by atomic mass is 9.97. The minimum absolute atomic E-state index is 0.0238. The fourth-order valence-corrected chi connectivity index (χ4v) is 3.68. The Morgan fingerprint density at radius 2 is 1.31 bits per heavy atom. The highest BCUT2D eigenvalue weighted by atomic mass is 19.2. The van der Waals surface area contributed by atoms with E-state index in [2.05, 4.69) is 0 Å². The van der Waals surface area contributed by atoms with Gasteiger partial charge in [-0.1, -0.05) is 55.5 Å². The minimum Gasteiger partial charge on any atom is -0.491 e. The molecule has 6 heteroatoms. The lowest BCUT2D eigenvalue weighted by molar-refractivity contribution is 0.0734. The number of rotatable bonds is 7. The van der Waals surface area contributed by atoms with Crippen molar-refractivity contribution in [2.45, 2.75) is 20.3 Å². The average molecular weight is 476 g/mol. The van der Waals surface area contributed by atoms with Crippen molar-refractivity contribution in [2.24, 2.45) is 0 Å². The van der Waals surface area contributed by atoms with Gasteiger partial charge in [-0.3, -0.25) is 0 Å². The Bertz CT molecular complexity index is 1350. The summed E-state index contributed by atoms with van der Waals surface area (Å²) in [5, 5.41) is 0. The van der Waals surface area contributed by atoms with Gasteiger partial charge in [-0.2, -0.15) is 0 Å². The molecule has 178 valence electrons. The van der Waals surface area contributed by atoms with E-state index >= 15 is 0 Å². The van der Waals surface area contributed by atoms with Crippen LogP contribution in [-0.4, -0.2) is 12.6 Å². The molecule has 4 rings (SSSR count). The molecule has 0 atom stereocenters. The third-order valence-corrected chi connectivity index (χ3v) is 5.60. The second kappa shape index (κ2) is 10.5. The van der Waals surface area contributed by atoms with Crippen LogP contribution in [0.3, 0.4) is 0 Å². The molecule has 0 spiro atoms. The molecule has 0 unspecified atom stereocenters. The van der Waals surface area contributed by atoms with Crippen LogP contribution in [-0.2, 0) is 6.42 Å². The maximum Gasteiger partial charge on any atom is 0.343 e. The van der Waals surface area contributed by atoms with Gasteiger partial charge >= 0.3 is 5.97 Å². The molecule has 3 nitrogen and oxygen atoms in total. The molecule has 35 heavy (non-hydrogen) atoms. The van der Waals surface area contributed by atoms with Crippen molar-refractivity contribution in [1.29, 1.82) is 0 Å². The van der Waals surface area contributed by atoms with Crippen LogP contribution in [0.25, 0.3) is 22.3 Å². The van der Waals surface area contributed by atoms with Gasteiger partial charge in [-0.25, -0.2) is 18.0 Å². The topological polar surface area (TPSA) is 35.5 Å². The number of esters is 1. The molecular weight excluding hydrogens is 453 g/mol. The molecule has 0 N–H and O–H groups in total. The van der Waals surface area contributed by atoms with Crippen LogP contribution in [0, 0.1) is 17.5 Å². The van der Waals surface area contributed by atoms with Crippen LogP contribution in [0.1, 0.15) is 29.8 Å². The molecule has 0 bridgehead atoms. The summed E-state index contributed by atoms with van der Waals surface area (Å²) in [6.07, 6.45) is 0.858. The van der Waals surface area contributed by atoms with Crippen molar-refractivity contribution in [3.8, 4) is 33.8 Å². The predicted octanol–water partition coefficient (Wildman–Crippen LogP) is 7.62. The zero-order valence-corrected chi connectivity index (χ0v) is 19.3. The molecular formula is C29H23F3O3. The lowest BCUT2D eigenvalue weighted by Gasteiger charge is -2.11. The highest BCUT2D eigenvalue weighted by Crippen LogP contribution is 2.32. The van der Waals surface area contributed by atoms with Crippen LogP contribution in [0.4, 0.5) is 13.2 Å². The Morgan fingerprint density at radius 3 is 1.83 bits per heavy atom. The van der Waals surface area contributed by atoms with Crippen molar-refractivity contribution in [2.75, 3.05) is 6.61 Å². The van der Waals surface area contributed by atoms with Crippen LogP contribution in [0.2, 0.25) is 0 Å². The van der Waals surface area contributed by atoms with E-state index in [4.69, 9.17) is 9.47 Å². The summed E-state index contributed by atoms with van der Waals surface area (Å²) in [5.41, 5.74) is 2.53. The summed E-state index contributed by atoms with van der Waals surface area (Å²) in [6, 6.07) is 20.1. The van der Waals surface area contributed by atoms with Gasteiger partial charge in [0.25, 0.3) is 0 Å². The van der Waals surface area contributed by atoms with Crippen LogP contribution in [0.15, 0.2) is 78.9 Å². The third kappa shape index (κ3) is 5.22. The van der Waals surface area contributed by atoms with E-state index in [-0.39, 0.29) is 28.2 Å². The maximum absolute atomic E-state index is 14.9. The SMILES string of the molecule is CCOc1ccc(OC(=O)c2ccc(-c3ccc(-c4ccc(CC)cc4)c(F)c3F)cc2)cc1F. The molecule has 0 amide bonds. The van der Waals surface area contributed by atoms with Gasteiger partial charge in [-0.05, 0) is 54.3 Å². The lowest BCUT2D eigenvalue weighted by Crippen LogP contribution is -2.08. The van der Waals surface area contributed by atoms with Gasteiger partial charge in [0.2, 0.25) is 0 Å². The van der Waals surface area contributed by atoms with E-state index < -0.39 is 23.4 Å². The molecule has 0 aliphatic heterocycles. The third-order valence-electron chi connectivity index (χ3n) is 5.60. The summed E-state index contributed by atoms with van der Waals surface area (Å²) in [7, 11) is 0. The van der Waals surface area contributed by atoms with Gasteiger partial charge in [0.15, 0.2) is 23.2 Å². The smallest absolute Gasteiger partial charge is 0.343 e. The van der Waals surface area contributed by atoms with Crippen molar-refractivity contribution in [3.63, 3.8) is 0 Å². The first-order valence-corrected chi connectivity index (χ1v) is 11.2. The minimum atomic E-state index is -0.970. The zero-order valence-electron chi connectivity index (χ0n) is 19.3. The van der Waals surface area contributed by atoms with Gasteiger partial charge in [-0.15, -0.1) is 0 Å². The number of hydrogen-bond acceptors (Lipinski definition) is 3. The summed E-state index contributed by atoms with van der Waals surface area (Å²) in [6.45, 7) is 4.06. The summed E-state index contributed by atoms with van der Waals surface area (Å²) < 4.78 is 54.2. The summed E-state index contributed by atoms with van der Waals surface area (Å²) in [5.74, 6) is -3.17. The van der Waals surface area contributed by atoms with Crippen LogP contribution in [0.5, 0.6) is 11.5 Å². The normalized spacial score (nSPS) is 10.8. The van der Waals surface area contributed by atoms with Crippen molar-refractivity contribution >= 4 is 5.97 Å². The second-order valence-corrected chi connectivity index (χ2v) is 7.83. The first kappa shape index (κ1) is 24.1. The van der Waals surface area contributed by atoms with E-state index in [0.717, 1.165) is 18.1 Å². The maximum atomic E-state index is 14.9. The molecule has 0 aromatic heterocycles. The van der Waals surface area contributed by atoms with Crippen molar-refractivity contribution < 1.29 is 27.4 Å². The number of ether oxygens (including phenoxy) is 2. The predicted molar refractivity (Wildman–Crippen MR) is 129 cm³/mol. The average Bonchev–Trinajstić information content (AvgIpc) is 2.87. The molecule has 0 heterocycles. The molecule has 0 aliphatic rings. The molecule has 0 radical (unpaired) electrons. The monoisotopic (exact) mass is 476 g/mol. The number of carbonyl (C=O) groups excluding carboxylic acids is 1. The van der Waals surface area contributed by atoms with Crippen molar-refractivity contribution in [1.82, 2.24) is 0 Å². The van der Waals surface area contributed by atoms with Gasteiger partial charge < -0.3 is 9.47 Å². The zero-order chi connectivity index (χ0) is 24.9. The summed E-state index contributed by atoms with van der Waals surface area (Å²) >= 11 is 0. The Labute approximate surface area is 201 Å². The van der Waals surface area contributed by atoms with E-state index in [0.29, 0.717) is 17.7 Å². The standard InChI is InChI=1S/C29H23F3O3/c1-3-18-5-7-19(8-6-18)23-14-15-24(28(32)27(23)31)20-9-11-21(12-10-20)29(33)35-22-13-16-26(34-4-2)25(30)17-22/h5-17H,3-4H2,1-2H3. The molecule has 4 aromatic rings. The number of benzene rings is 4. The highest BCUT2D eigenvalue weighted by Gasteiger charge is 2.17. The largest absolute Gasteiger partial charge is 0.491 e. The number of carbonyl (C=O) groups is 1. The van der Waals surface area contributed by atoms with Gasteiger partial charge in [0.1, 0.15) is 5.75 Å². The first-order chi connectivity index (χ1) is 16.9. The molecule has 0 fully saturated rings. The Hall–Kier alpha value is -4.06. The second-order valence-electron chi connectivity index (χ2n) is 7.83. The first-order valence-electron chi connectivity index (χ1n) is 11.2. The van der Waals surface area contributed by atoms with E-state index in [1.165, 1.54) is 48.5 Å². The molecule has 0 aliphatic carbocycles. The van der Waals surface area contributed by atoms with Crippen LogP contribution >= 0.6 is 0 Å². The van der Waals surface area contributed by atoms with Crippen LogP contribution < -0.4 is 9.47 Å². The fourth-order valence-electron chi connectivity index (χ4n) is 3.68. The molecule has 0 saturated carbocycles. The molecule has 4 aromatic carbocycles. The Morgan fingerprint density at radius 1 is 0.743 bits per heavy atom. The van der Waals surface area contributed by atoms with E-state index in [1.54, 1.807) is 19.1 Å². The Kier molecular flexibility index (Phi) is 7.20. The fraction of sp³-hybridized carbons (Fsp3) is 0.138. The highest BCUT2D eigenvalue weighted by molar-refractivity contribution is 5.91. The molecule has 0 saturated heterocycles.